The van der Waals surface area contributed by atoms with Gasteiger partial charge in [-0.05, 0) is 48.8 Å². The van der Waals surface area contributed by atoms with Crippen molar-refractivity contribution >= 4 is 11.3 Å². The quantitative estimate of drug-likeness (QED) is 0.844. The summed E-state index contributed by atoms with van der Waals surface area (Å²) in [7, 11) is 2.25. The van der Waals surface area contributed by atoms with Crippen molar-refractivity contribution in [3.63, 3.8) is 0 Å². The Kier molecular flexibility index (Phi) is 4.18. The Morgan fingerprint density at radius 2 is 2.47 bits per heavy atom. The third kappa shape index (κ3) is 3.30. The first-order chi connectivity index (χ1) is 7.36. The zero-order valence-electron chi connectivity index (χ0n) is 9.41. The van der Waals surface area contributed by atoms with Gasteiger partial charge >= 0.3 is 0 Å². The van der Waals surface area contributed by atoms with Gasteiger partial charge in [0.2, 0.25) is 0 Å². The maximum absolute atomic E-state index is 3.55. The molecule has 0 amide bonds. The Morgan fingerprint density at radius 3 is 3.20 bits per heavy atom. The van der Waals surface area contributed by atoms with Gasteiger partial charge in [-0.1, -0.05) is 6.42 Å². The molecule has 2 rings (SSSR count). The summed E-state index contributed by atoms with van der Waals surface area (Å²) in [5, 5.41) is 7.92. The lowest BCUT2D eigenvalue weighted by atomic mass is 10.0. The molecule has 1 aromatic rings. The van der Waals surface area contributed by atoms with E-state index in [1.165, 1.54) is 31.4 Å². The summed E-state index contributed by atoms with van der Waals surface area (Å²) < 4.78 is 0. The van der Waals surface area contributed by atoms with Crippen LogP contribution >= 0.6 is 11.3 Å². The molecular weight excluding hydrogens is 204 g/mol. The van der Waals surface area contributed by atoms with Crippen LogP contribution in [-0.2, 0) is 6.54 Å². The van der Waals surface area contributed by atoms with Crippen molar-refractivity contribution in [2.24, 2.45) is 0 Å². The predicted octanol–water partition coefficient (Wildman–Crippen LogP) is 2.32. The van der Waals surface area contributed by atoms with Gasteiger partial charge in [0.1, 0.15) is 0 Å². The van der Waals surface area contributed by atoms with Gasteiger partial charge < -0.3 is 10.2 Å². The zero-order valence-corrected chi connectivity index (χ0v) is 10.2. The summed E-state index contributed by atoms with van der Waals surface area (Å²) in [5.41, 5.74) is 1.42. The molecule has 0 radical (unpaired) electrons. The van der Waals surface area contributed by atoms with E-state index in [1.807, 2.05) is 0 Å². The standard InChI is InChI=1S/C12H20N2S/c1-14-6-3-2-4-12(14)9-13-8-11-5-7-15-10-11/h5,7,10,12-13H,2-4,6,8-9H2,1H3. The highest BCUT2D eigenvalue weighted by molar-refractivity contribution is 7.07. The Hall–Kier alpha value is -0.380. The summed E-state index contributed by atoms with van der Waals surface area (Å²) in [5.74, 6) is 0. The first-order valence-corrected chi connectivity index (χ1v) is 6.72. The van der Waals surface area contributed by atoms with Crippen LogP contribution in [0.25, 0.3) is 0 Å². The van der Waals surface area contributed by atoms with E-state index in [4.69, 9.17) is 0 Å². The second kappa shape index (κ2) is 5.64. The molecule has 2 heterocycles. The van der Waals surface area contributed by atoms with Gasteiger partial charge in [-0.25, -0.2) is 0 Å². The van der Waals surface area contributed by atoms with Crippen LogP contribution in [0, 0.1) is 0 Å². The normalized spacial score (nSPS) is 23.1. The SMILES string of the molecule is CN1CCCCC1CNCc1ccsc1. The van der Waals surface area contributed by atoms with Crippen molar-refractivity contribution in [1.82, 2.24) is 10.2 Å². The third-order valence-corrected chi connectivity index (χ3v) is 3.94. The van der Waals surface area contributed by atoms with E-state index in [-0.39, 0.29) is 0 Å². The van der Waals surface area contributed by atoms with E-state index in [0.29, 0.717) is 0 Å². The molecule has 3 heteroatoms. The van der Waals surface area contributed by atoms with Gasteiger partial charge in [-0.3, -0.25) is 0 Å². The highest BCUT2D eigenvalue weighted by Crippen LogP contribution is 2.14. The lowest BCUT2D eigenvalue weighted by Crippen LogP contribution is -2.42. The van der Waals surface area contributed by atoms with E-state index < -0.39 is 0 Å². The number of nitrogens with one attached hydrogen (secondary N) is 1. The minimum absolute atomic E-state index is 0.748. The van der Waals surface area contributed by atoms with Gasteiger partial charge in [0, 0.05) is 19.1 Å². The largest absolute Gasteiger partial charge is 0.311 e. The summed E-state index contributed by atoms with van der Waals surface area (Å²) >= 11 is 1.78. The van der Waals surface area contributed by atoms with Crippen LogP contribution in [0.5, 0.6) is 0 Å². The molecular formula is C12H20N2S. The molecule has 1 N–H and O–H groups in total. The lowest BCUT2D eigenvalue weighted by Gasteiger charge is -2.32. The van der Waals surface area contributed by atoms with E-state index in [0.717, 1.165) is 19.1 Å². The monoisotopic (exact) mass is 224 g/mol. The number of hydrogen-bond donors (Lipinski definition) is 1. The topological polar surface area (TPSA) is 15.3 Å². The van der Waals surface area contributed by atoms with Gasteiger partial charge in [0.05, 0.1) is 0 Å². The van der Waals surface area contributed by atoms with Crippen LogP contribution in [-0.4, -0.2) is 31.1 Å². The maximum Gasteiger partial charge on any atom is 0.0217 e. The summed E-state index contributed by atoms with van der Waals surface area (Å²) in [6.07, 6.45) is 4.12. The second-order valence-electron chi connectivity index (χ2n) is 4.39. The van der Waals surface area contributed by atoms with Gasteiger partial charge in [-0.15, -0.1) is 0 Å². The Bertz CT molecular complexity index is 271. The van der Waals surface area contributed by atoms with Crippen molar-refractivity contribution in [2.75, 3.05) is 20.1 Å². The van der Waals surface area contributed by atoms with E-state index in [9.17, 15) is 0 Å². The molecule has 0 aliphatic carbocycles. The molecule has 2 nitrogen and oxygen atoms in total. The van der Waals surface area contributed by atoms with Crippen LogP contribution in [0.4, 0.5) is 0 Å². The summed E-state index contributed by atoms with van der Waals surface area (Å²) in [6, 6.07) is 2.94. The highest BCUT2D eigenvalue weighted by Gasteiger charge is 2.17. The Balaban J connectivity index is 1.68. The molecule has 0 bridgehead atoms. The summed E-state index contributed by atoms with van der Waals surface area (Å²) in [4.78, 5) is 2.49. The molecule has 0 aromatic carbocycles. The minimum atomic E-state index is 0.748. The Morgan fingerprint density at radius 1 is 1.53 bits per heavy atom. The molecule has 1 aliphatic rings. The van der Waals surface area contributed by atoms with Crippen molar-refractivity contribution in [2.45, 2.75) is 31.8 Å². The van der Waals surface area contributed by atoms with Crippen molar-refractivity contribution in [1.29, 1.82) is 0 Å². The maximum atomic E-state index is 3.55. The molecule has 1 unspecified atom stereocenters. The van der Waals surface area contributed by atoms with Crippen LogP contribution in [0.3, 0.4) is 0 Å². The van der Waals surface area contributed by atoms with E-state index >= 15 is 0 Å². The predicted molar refractivity (Wildman–Crippen MR) is 66.3 cm³/mol. The number of piperidine rings is 1. The number of likely N-dealkylation sites (tertiary alicyclic amines) is 1. The molecule has 1 aliphatic heterocycles. The summed E-state index contributed by atoms with van der Waals surface area (Å²) in [6.45, 7) is 3.42. The molecule has 1 aromatic heterocycles. The van der Waals surface area contributed by atoms with E-state index in [2.05, 4.69) is 34.1 Å². The highest BCUT2D eigenvalue weighted by atomic mass is 32.1. The van der Waals surface area contributed by atoms with Crippen LogP contribution in [0.1, 0.15) is 24.8 Å². The number of nitrogens with zero attached hydrogens (tertiary/aromatic N) is 1. The van der Waals surface area contributed by atoms with Gasteiger partial charge in [0.15, 0.2) is 0 Å². The molecule has 15 heavy (non-hydrogen) atoms. The third-order valence-electron chi connectivity index (χ3n) is 3.21. The molecule has 1 fully saturated rings. The second-order valence-corrected chi connectivity index (χ2v) is 5.17. The molecule has 1 atom stereocenters. The van der Waals surface area contributed by atoms with Crippen molar-refractivity contribution in [3.05, 3.63) is 22.4 Å². The van der Waals surface area contributed by atoms with E-state index in [1.54, 1.807) is 11.3 Å². The van der Waals surface area contributed by atoms with Gasteiger partial charge in [0.25, 0.3) is 0 Å². The van der Waals surface area contributed by atoms with Crippen LogP contribution in [0.15, 0.2) is 16.8 Å². The minimum Gasteiger partial charge on any atom is -0.311 e. The lowest BCUT2D eigenvalue weighted by molar-refractivity contribution is 0.181. The fourth-order valence-electron chi connectivity index (χ4n) is 2.18. The fraction of sp³-hybridized carbons (Fsp3) is 0.667. The number of thiophene rings is 1. The van der Waals surface area contributed by atoms with Crippen molar-refractivity contribution < 1.29 is 0 Å². The number of hydrogen-bond acceptors (Lipinski definition) is 3. The number of likely N-dealkylation sites (N-methyl/N-ethyl adjacent to an activating group) is 1. The first-order valence-electron chi connectivity index (χ1n) is 5.78. The smallest absolute Gasteiger partial charge is 0.0217 e. The average molecular weight is 224 g/mol. The van der Waals surface area contributed by atoms with Crippen LogP contribution in [0.2, 0.25) is 0 Å². The van der Waals surface area contributed by atoms with Crippen LogP contribution < -0.4 is 5.32 Å². The van der Waals surface area contributed by atoms with Gasteiger partial charge in [-0.2, -0.15) is 11.3 Å². The average Bonchev–Trinajstić information content (AvgIpc) is 2.74. The Labute approximate surface area is 96.3 Å². The number of rotatable bonds is 4. The molecule has 84 valence electrons. The molecule has 1 saturated heterocycles. The molecule has 0 saturated carbocycles. The fourth-order valence-corrected chi connectivity index (χ4v) is 2.85. The first kappa shape index (κ1) is 11.1. The molecule has 0 spiro atoms. The van der Waals surface area contributed by atoms with Crippen molar-refractivity contribution in [3.8, 4) is 0 Å². The zero-order chi connectivity index (χ0) is 10.5.